The molecule has 1 N–H and O–H groups in total. The van der Waals surface area contributed by atoms with E-state index in [1.165, 1.54) is 0 Å². The van der Waals surface area contributed by atoms with Crippen molar-refractivity contribution in [2.24, 2.45) is 0 Å². The van der Waals surface area contributed by atoms with Crippen molar-refractivity contribution >= 4 is 21.7 Å². The number of pyridine rings is 1. The maximum atomic E-state index is 12.1. The van der Waals surface area contributed by atoms with Gasteiger partial charge in [0.1, 0.15) is 5.82 Å². The molecule has 0 bridgehead atoms. The molecule has 7 nitrogen and oxygen atoms in total. The van der Waals surface area contributed by atoms with E-state index in [1.807, 2.05) is 18.2 Å². The van der Waals surface area contributed by atoms with Gasteiger partial charge in [0, 0.05) is 32.4 Å². The minimum atomic E-state index is -3.34. The van der Waals surface area contributed by atoms with E-state index in [9.17, 15) is 13.2 Å². The lowest BCUT2D eigenvalue weighted by Crippen LogP contribution is -2.51. The Kier molecular flexibility index (Phi) is 5.73. The van der Waals surface area contributed by atoms with Crippen LogP contribution in [0.1, 0.15) is 13.3 Å². The van der Waals surface area contributed by atoms with Crippen LogP contribution in [0.15, 0.2) is 24.4 Å². The second-order valence-corrected chi connectivity index (χ2v) is 7.12. The summed E-state index contributed by atoms with van der Waals surface area (Å²) in [5.74, 6) is 0.770. The highest BCUT2D eigenvalue weighted by atomic mass is 32.2. The Balaban J connectivity index is 1.80. The van der Waals surface area contributed by atoms with Crippen molar-refractivity contribution in [3.8, 4) is 0 Å². The number of hydrogen-bond acceptors (Lipinski definition) is 5. The van der Waals surface area contributed by atoms with Gasteiger partial charge < -0.3 is 9.80 Å². The number of piperazine rings is 1. The predicted molar refractivity (Wildman–Crippen MR) is 85.1 cm³/mol. The zero-order valence-electron chi connectivity index (χ0n) is 12.7. The maximum absolute atomic E-state index is 12.1. The number of anilines is 1. The lowest BCUT2D eigenvalue weighted by atomic mass is 10.3. The number of sulfonamides is 1. The van der Waals surface area contributed by atoms with Crippen molar-refractivity contribution in [2.45, 2.75) is 13.3 Å². The minimum Gasteiger partial charge on any atom is -0.353 e. The van der Waals surface area contributed by atoms with Gasteiger partial charge in [0.05, 0.1) is 12.3 Å². The highest BCUT2D eigenvalue weighted by Gasteiger charge is 2.22. The largest absolute Gasteiger partial charge is 0.353 e. The molecule has 0 atom stereocenters. The molecule has 0 saturated carbocycles. The fourth-order valence-corrected chi connectivity index (χ4v) is 3.38. The summed E-state index contributed by atoms with van der Waals surface area (Å²) < 4.78 is 25.5. The Labute approximate surface area is 131 Å². The van der Waals surface area contributed by atoms with E-state index in [0.29, 0.717) is 32.6 Å². The molecular formula is C14H22N4O3S. The third-order valence-electron chi connectivity index (χ3n) is 3.52. The van der Waals surface area contributed by atoms with Crippen LogP contribution in [0.4, 0.5) is 5.82 Å². The Bertz CT molecular complexity index is 583. The van der Waals surface area contributed by atoms with Crippen molar-refractivity contribution in [1.82, 2.24) is 14.6 Å². The fraction of sp³-hybridized carbons (Fsp3) is 0.571. The second-order valence-electron chi connectivity index (χ2n) is 5.20. The molecule has 2 heterocycles. The summed E-state index contributed by atoms with van der Waals surface area (Å²) >= 11 is 0. The highest BCUT2D eigenvalue weighted by Crippen LogP contribution is 2.12. The highest BCUT2D eigenvalue weighted by molar-refractivity contribution is 7.89. The van der Waals surface area contributed by atoms with Gasteiger partial charge in [-0.15, -0.1) is 0 Å². The first kappa shape index (κ1) is 16.7. The molecule has 1 saturated heterocycles. The summed E-state index contributed by atoms with van der Waals surface area (Å²) in [6.45, 7) is 4.18. The molecule has 0 aliphatic carbocycles. The Morgan fingerprint density at radius 2 is 2.00 bits per heavy atom. The van der Waals surface area contributed by atoms with E-state index in [0.717, 1.165) is 5.82 Å². The molecule has 2 rings (SSSR count). The minimum absolute atomic E-state index is 0.0493. The van der Waals surface area contributed by atoms with Crippen LogP contribution in [0.3, 0.4) is 0 Å². The van der Waals surface area contributed by atoms with Crippen molar-refractivity contribution in [2.75, 3.05) is 43.4 Å². The number of nitrogens with one attached hydrogen (secondary N) is 1. The van der Waals surface area contributed by atoms with Crippen LogP contribution < -0.4 is 9.62 Å². The molecule has 1 fully saturated rings. The fourth-order valence-electron chi connectivity index (χ4n) is 2.35. The number of nitrogens with zero attached hydrogens (tertiary/aromatic N) is 3. The summed E-state index contributed by atoms with van der Waals surface area (Å²) in [7, 11) is -3.34. The van der Waals surface area contributed by atoms with Crippen LogP contribution >= 0.6 is 0 Å². The van der Waals surface area contributed by atoms with Crippen molar-refractivity contribution in [3.05, 3.63) is 24.4 Å². The molecule has 1 aromatic heterocycles. The molecule has 0 spiro atoms. The zero-order chi connectivity index (χ0) is 16.0. The van der Waals surface area contributed by atoms with E-state index in [-0.39, 0.29) is 18.2 Å². The molecule has 22 heavy (non-hydrogen) atoms. The molecule has 1 amide bonds. The predicted octanol–water partition coefficient (Wildman–Crippen LogP) is 0.0596. The van der Waals surface area contributed by atoms with Crippen LogP contribution in [-0.2, 0) is 14.8 Å². The average molecular weight is 326 g/mol. The van der Waals surface area contributed by atoms with Crippen LogP contribution in [0, 0.1) is 0 Å². The Hall–Kier alpha value is -1.67. The zero-order valence-corrected chi connectivity index (χ0v) is 13.6. The molecule has 0 unspecified atom stereocenters. The number of amides is 1. The second kappa shape index (κ2) is 7.55. The van der Waals surface area contributed by atoms with Gasteiger partial charge in [-0.3, -0.25) is 4.79 Å². The third kappa shape index (κ3) is 4.67. The van der Waals surface area contributed by atoms with E-state index in [1.54, 1.807) is 18.0 Å². The molecule has 1 aliphatic heterocycles. The van der Waals surface area contributed by atoms with Crippen LogP contribution in [-0.4, -0.2) is 62.7 Å². The Morgan fingerprint density at radius 1 is 1.27 bits per heavy atom. The van der Waals surface area contributed by atoms with Crippen LogP contribution in [0.25, 0.3) is 0 Å². The summed E-state index contributed by atoms with van der Waals surface area (Å²) in [6, 6.07) is 5.74. The maximum Gasteiger partial charge on any atom is 0.237 e. The first-order chi connectivity index (χ1) is 10.5. The van der Waals surface area contributed by atoms with Gasteiger partial charge in [-0.05, 0) is 18.6 Å². The molecule has 8 heteroatoms. The SMILES string of the molecule is CCCS(=O)(=O)NCC(=O)N1CCN(c2ccccn2)CC1. The lowest BCUT2D eigenvalue weighted by Gasteiger charge is -2.35. The van der Waals surface area contributed by atoms with Crippen LogP contribution in [0.5, 0.6) is 0 Å². The molecule has 1 aliphatic rings. The number of carbonyl (C=O) groups is 1. The first-order valence-electron chi connectivity index (χ1n) is 7.43. The van der Waals surface area contributed by atoms with Gasteiger partial charge in [0.25, 0.3) is 0 Å². The van der Waals surface area contributed by atoms with Gasteiger partial charge in [-0.25, -0.2) is 18.1 Å². The molecular weight excluding hydrogens is 304 g/mol. The van der Waals surface area contributed by atoms with E-state index < -0.39 is 10.0 Å². The number of carbonyl (C=O) groups excluding carboxylic acids is 1. The van der Waals surface area contributed by atoms with Crippen molar-refractivity contribution in [3.63, 3.8) is 0 Å². The summed E-state index contributed by atoms with van der Waals surface area (Å²) in [5, 5.41) is 0. The summed E-state index contributed by atoms with van der Waals surface area (Å²) in [4.78, 5) is 20.2. The van der Waals surface area contributed by atoms with E-state index in [4.69, 9.17) is 0 Å². The first-order valence-corrected chi connectivity index (χ1v) is 9.08. The number of rotatable bonds is 6. The van der Waals surface area contributed by atoms with Gasteiger partial charge in [-0.1, -0.05) is 13.0 Å². The standard InChI is InChI=1S/C14H22N4O3S/c1-2-11-22(20,21)16-12-14(19)18-9-7-17(8-10-18)13-5-3-4-6-15-13/h3-6,16H,2,7-12H2,1H3. The quantitative estimate of drug-likeness (QED) is 0.799. The molecule has 1 aromatic rings. The van der Waals surface area contributed by atoms with Crippen molar-refractivity contribution < 1.29 is 13.2 Å². The topological polar surface area (TPSA) is 82.6 Å². The summed E-state index contributed by atoms with van der Waals surface area (Å²) in [5.41, 5.74) is 0. The lowest BCUT2D eigenvalue weighted by molar-refractivity contribution is -0.130. The smallest absolute Gasteiger partial charge is 0.237 e. The monoisotopic (exact) mass is 326 g/mol. The van der Waals surface area contributed by atoms with Gasteiger partial charge in [0.15, 0.2) is 0 Å². The average Bonchev–Trinajstić information content (AvgIpc) is 2.54. The molecule has 122 valence electrons. The Morgan fingerprint density at radius 3 is 2.59 bits per heavy atom. The number of aromatic nitrogens is 1. The van der Waals surface area contributed by atoms with Gasteiger partial charge in [0.2, 0.25) is 15.9 Å². The van der Waals surface area contributed by atoms with Crippen LogP contribution in [0.2, 0.25) is 0 Å². The molecule has 0 radical (unpaired) electrons. The van der Waals surface area contributed by atoms with E-state index in [2.05, 4.69) is 14.6 Å². The van der Waals surface area contributed by atoms with Gasteiger partial charge >= 0.3 is 0 Å². The van der Waals surface area contributed by atoms with E-state index >= 15 is 0 Å². The van der Waals surface area contributed by atoms with Crippen molar-refractivity contribution in [1.29, 1.82) is 0 Å². The number of hydrogen-bond donors (Lipinski definition) is 1. The normalized spacial score (nSPS) is 15.9. The summed E-state index contributed by atoms with van der Waals surface area (Å²) in [6.07, 6.45) is 2.28. The molecule has 0 aromatic carbocycles. The third-order valence-corrected chi connectivity index (χ3v) is 5.05. The van der Waals surface area contributed by atoms with Gasteiger partial charge in [-0.2, -0.15) is 0 Å².